The number of nitrogens with zero attached hydrogens (tertiary/aromatic N) is 1. The zero-order valence-corrected chi connectivity index (χ0v) is 11.6. The van der Waals surface area contributed by atoms with Crippen molar-refractivity contribution < 1.29 is 4.79 Å². The number of nitrogens with one attached hydrogen (secondary N) is 2. The van der Waals surface area contributed by atoms with Crippen LogP contribution in [0.5, 0.6) is 0 Å². The molecule has 0 radical (unpaired) electrons. The molecule has 0 saturated heterocycles. The fourth-order valence-electron chi connectivity index (χ4n) is 2.04. The van der Waals surface area contributed by atoms with E-state index in [9.17, 15) is 9.59 Å². The fourth-order valence-corrected chi connectivity index (χ4v) is 2.04. The van der Waals surface area contributed by atoms with E-state index in [-0.39, 0.29) is 5.56 Å². The molecule has 1 aromatic heterocycles. The molecule has 0 unspecified atom stereocenters. The maximum absolute atomic E-state index is 11.7. The van der Waals surface area contributed by atoms with Crippen LogP contribution >= 0.6 is 0 Å². The Balaban J connectivity index is 1.70. The van der Waals surface area contributed by atoms with Gasteiger partial charge in [-0.3, -0.25) is 9.89 Å². The molecule has 0 atom stereocenters. The second-order valence-corrected chi connectivity index (χ2v) is 4.79. The molecule has 0 aliphatic rings. The Labute approximate surface area is 117 Å². The normalized spacial score (nSPS) is 10.4. The molecule has 1 heterocycles. The second kappa shape index (κ2) is 6.75. The summed E-state index contributed by atoms with van der Waals surface area (Å²) in [5, 5.41) is 5.44. The van der Waals surface area contributed by atoms with Crippen molar-refractivity contribution in [2.24, 2.45) is 0 Å². The highest BCUT2D eigenvalue weighted by Crippen LogP contribution is 2.03. The fraction of sp³-hybridized carbons (Fsp3) is 0.333. The van der Waals surface area contributed by atoms with Crippen LogP contribution < -0.4 is 10.9 Å². The lowest BCUT2D eigenvalue weighted by Crippen LogP contribution is -2.35. The summed E-state index contributed by atoms with van der Waals surface area (Å²) in [6, 6.07) is 11.2. The van der Waals surface area contributed by atoms with E-state index < -0.39 is 6.03 Å². The van der Waals surface area contributed by atoms with E-state index >= 15 is 0 Å². The summed E-state index contributed by atoms with van der Waals surface area (Å²) < 4.78 is 0.993. The van der Waals surface area contributed by atoms with Gasteiger partial charge in [0.1, 0.15) is 0 Å². The molecule has 20 heavy (non-hydrogen) atoms. The molecule has 0 fully saturated rings. The quantitative estimate of drug-likeness (QED) is 0.819. The highest BCUT2D eigenvalue weighted by molar-refractivity contribution is 5.75. The molecule has 0 aliphatic heterocycles. The lowest BCUT2D eigenvalue weighted by molar-refractivity contribution is 0.238. The predicted molar refractivity (Wildman–Crippen MR) is 78.0 cm³/mol. The number of hydrogen-bond donors (Lipinski definition) is 2. The molecule has 5 heteroatoms. The summed E-state index contributed by atoms with van der Waals surface area (Å²) >= 11 is 0. The number of aromatic amines is 1. The second-order valence-electron chi connectivity index (χ2n) is 4.79. The van der Waals surface area contributed by atoms with Crippen molar-refractivity contribution in [1.29, 1.82) is 0 Å². The van der Waals surface area contributed by atoms with Gasteiger partial charge in [0, 0.05) is 18.3 Å². The Bertz CT molecular complexity index is 614. The van der Waals surface area contributed by atoms with Gasteiger partial charge >= 0.3 is 6.03 Å². The van der Waals surface area contributed by atoms with Crippen LogP contribution in [-0.4, -0.2) is 22.4 Å². The van der Waals surface area contributed by atoms with Crippen molar-refractivity contribution >= 4 is 6.03 Å². The summed E-state index contributed by atoms with van der Waals surface area (Å²) in [6.45, 7) is 2.31. The van der Waals surface area contributed by atoms with E-state index in [0.717, 1.165) is 23.9 Å². The summed E-state index contributed by atoms with van der Waals surface area (Å²) in [5.74, 6) is 0. The largest absolute Gasteiger partial charge is 0.343 e. The smallest absolute Gasteiger partial charge is 0.336 e. The van der Waals surface area contributed by atoms with Crippen molar-refractivity contribution in [3.63, 3.8) is 0 Å². The predicted octanol–water partition coefficient (Wildman–Crippen LogP) is 2.07. The van der Waals surface area contributed by atoms with Crippen LogP contribution in [-0.2, 0) is 6.42 Å². The highest BCUT2D eigenvalue weighted by atomic mass is 16.2. The van der Waals surface area contributed by atoms with Crippen LogP contribution in [0, 0.1) is 6.92 Å². The molecule has 0 aliphatic carbocycles. The van der Waals surface area contributed by atoms with Crippen LogP contribution in [0.2, 0.25) is 0 Å². The van der Waals surface area contributed by atoms with E-state index in [1.54, 1.807) is 6.92 Å². The average molecular weight is 273 g/mol. The molecule has 0 bridgehead atoms. The van der Waals surface area contributed by atoms with Gasteiger partial charge in [0.15, 0.2) is 0 Å². The zero-order valence-electron chi connectivity index (χ0n) is 11.6. The van der Waals surface area contributed by atoms with Gasteiger partial charge in [-0.2, -0.15) is 4.68 Å². The molecule has 5 nitrogen and oxygen atoms in total. The minimum Gasteiger partial charge on any atom is -0.336 e. The van der Waals surface area contributed by atoms with E-state index in [1.807, 2.05) is 18.2 Å². The number of carbonyl (C=O) groups is 1. The van der Waals surface area contributed by atoms with Gasteiger partial charge < -0.3 is 5.32 Å². The van der Waals surface area contributed by atoms with Crippen LogP contribution in [0.4, 0.5) is 4.79 Å². The third kappa shape index (κ3) is 3.85. The zero-order chi connectivity index (χ0) is 14.4. The summed E-state index contributed by atoms with van der Waals surface area (Å²) in [7, 11) is 0. The molecule has 1 amide bonds. The van der Waals surface area contributed by atoms with Crippen molar-refractivity contribution in [2.45, 2.75) is 26.2 Å². The Morgan fingerprint density at radius 3 is 2.65 bits per heavy atom. The van der Waals surface area contributed by atoms with Gasteiger partial charge in [-0.25, -0.2) is 4.79 Å². The van der Waals surface area contributed by atoms with Crippen molar-refractivity contribution in [3.8, 4) is 0 Å². The topological polar surface area (TPSA) is 66.9 Å². The third-order valence-corrected chi connectivity index (χ3v) is 3.06. The van der Waals surface area contributed by atoms with Crippen LogP contribution in [0.3, 0.4) is 0 Å². The SMILES string of the molecule is Cc1cc(=O)n(C(=O)NCCCCc2ccccc2)[nH]1. The first-order valence-electron chi connectivity index (χ1n) is 6.77. The Hall–Kier alpha value is -2.30. The molecule has 2 rings (SSSR count). The molecule has 0 saturated carbocycles. The molecule has 106 valence electrons. The van der Waals surface area contributed by atoms with Crippen molar-refractivity contribution in [2.75, 3.05) is 6.54 Å². The van der Waals surface area contributed by atoms with Gasteiger partial charge in [0.05, 0.1) is 0 Å². The van der Waals surface area contributed by atoms with E-state index in [2.05, 4.69) is 22.5 Å². The lowest BCUT2D eigenvalue weighted by atomic mass is 10.1. The third-order valence-electron chi connectivity index (χ3n) is 3.06. The first-order chi connectivity index (χ1) is 9.66. The number of rotatable bonds is 5. The minimum absolute atomic E-state index is 0.329. The Kier molecular flexibility index (Phi) is 4.76. The number of hydrogen-bond acceptors (Lipinski definition) is 2. The standard InChI is InChI=1S/C15H19N3O2/c1-12-11-14(19)18(17-12)15(20)16-10-6-5-9-13-7-3-2-4-8-13/h2-4,7-8,11,17H,5-6,9-10H2,1H3,(H,16,20). The number of aryl methyl sites for hydroxylation is 2. The molecular weight excluding hydrogens is 254 g/mol. The van der Waals surface area contributed by atoms with Gasteiger partial charge in [-0.15, -0.1) is 0 Å². The molecule has 0 spiro atoms. The minimum atomic E-state index is -0.400. The average Bonchev–Trinajstić information content (AvgIpc) is 2.78. The number of H-pyrrole nitrogens is 1. The van der Waals surface area contributed by atoms with Crippen LogP contribution in [0.25, 0.3) is 0 Å². The Morgan fingerprint density at radius 2 is 2.00 bits per heavy atom. The van der Waals surface area contributed by atoms with Gasteiger partial charge in [0.2, 0.25) is 0 Å². The molecule has 1 aromatic carbocycles. The van der Waals surface area contributed by atoms with E-state index in [1.165, 1.54) is 11.6 Å². The maximum Gasteiger partial charge on any atom is 0.343 e. The van der Waals surface area contributed by atoms with E-state index in [0.29, 0.717) is 12.2 Å². The van der Waals surface area contributed by atoms with E-state index in [4.69, 9.17) is 0 Å². The lowest BCUT2D eigenvalue weighted by Gasteiger charge is -2.05. The number of carbonyl (C=O) groups excluding carboxylic acids is 1. The van der Waals surface area contributed by atoms with Gasteiger partial charge in [-0.1, -0.05) is 30.3 Å². The van der Waals surface area contributed by atoms with Gasteiger partial charge in [0.25, 0.3) is 5.56 Å². The first-order valence-corrected chi connectivity index (χ1v) is 6.77. The number of unbranched alkanes of at least 4 members (excludes halogenated alkanes) is 1. The van der Waals surface area contributed by atoms with Gasteiger partial charge in [-0.05, 0) is 31.7 Å². The summed E-state index contributed by atoms with van der Waals surface area (Å²) in [4.78, 5) is 23.2. The number of aromatic nitrogens is 2. The van der Waals surface area contributed by atoms with Crippen LogP contribution in [0.1, 0.15) is 24.1 Å². The molecular formula is C15H19N3O2. The van der Waals surface area contributed by atoms with Crippen molar-refractivity contribution in [1.82, 2.24) is 15.1 Å². The highest BCUT2D eigenvalue weighted by Gasteiger charge is 2.07. The first kappa shape index (κ1) is 14.1. The monoisotopic (exact) mass is 273 g/mol. The van der Waals surface area contributed by atoms with Crippen LogP contribution in [0.15, 0.2) is 41.2 Å². The summed E-state index contributed by atoms with van der Waals surface area (Å²) in [6.07, 6.45) is 2.89. The number of amides is 1. The molecule has 2 aromatic rings. The maximum atomic E-state index is 11.7. The molecule has 2 N–H and O–H groups in total. The number of benzene rings is 1. The van der Waals surface area contributed by atoms with Crippen molar-refractivity contribution in [3.05, 3.63) is 58.0 Å². The summed E-state index contributed by atoms with van der Waals surface area (Å²) in [5.41, 5.74) is 1.65. The Morgan fingerprint density at radius 1 is 1.25 bits per heavy atom.